The molecule has 0 spiro atoms. The molecule has 0 saturated heterocycles. The molecule has 0 radical (unpaired) electrons. The third-order valence-electron chi connectivity index (χ3n) is 5.43. The van der Waals surface area contributed by atoms with E-state index in [-0.39, 0.29) is 22.9 Å². The summed E-state index contributed by atoms with van der Waals surface area (Å²) in [5.41, 5.74) is 1.14. The van der Waals surface area contributed by atoms with Gasteiger partial charge in [-0.1, -0.05) is 24.3 Å². The number of amides is 1. The maximum Gasteiger partial charge on any atom is 0.290 e. The molecule has 3 heterocycles. The lowest BCUT2D eigenvalue weighted by molar-refractivity contribution is 0.0723. The lowest BCUT2D eigenvalue weighted by Crippen LogP contribution is -2.31. The highest BCUT2D eigenvalue weighted by Crippen LogP contribution is 2.38. The minimum absolute atomic E-state index is 0.0654. The van der Waals surface area contributed by atoms with Crippen molar-refractivity contribution >= 4 is 16.9 Å². The van der Waals surface area contributed by atoms with E-state index in [1.165, 1.54) is 12.1 Å². The Morgan fingerprint density at radius 1 is 1.03 bits per heavy atom. The molecule has 1 aliphatic rings. The first kappa shape index (κ1) is 18.3. The summed E-state index contributed by atoms with van der Waals surface area (Å²) < 4.78 is 21.3. The van der Waals surface area contributed by atoms with Crippen LogP contribution in [0.15, 0.2) is 76.5 Å². The second kappa shape index (κ2) is 7.26. The zero-order valence-electron chi connectivity index (χ0n) is 16.0. The lowest BCUT2D eigenvalue weighted by atomic mass is 9.98. The number of carbonyl (C=O) groups is 1. The van der Waals surface area contributed by atoms with E-state index in [9.17, 15) is 14.0 Å². The normalized spacial score (nSPS) is 15.7. The minimum Gasteiger partial charge on any atom is -0.450 e. The van der Waals surface area contributed by atoms with E-state index in [1.807, 2.05) is 10.8 Å². The lowest BCUT2D eigenvalue weighted by Gasteiger charge is -2.25. The van der Waals surface area contributed by atoms with Crippen LogP contribution in [0.1, 0.15) is 34.1 Å². The Hall–Kier alpha value is -3.74. The molecule has 1 aliphatic heterocycles. The average molecular weight is 403 g/mol. The first-order valence-corrected chi connectivity index (χ1v) is 9.71. The van der Waals surface area contributed by atoms with Crippen molar-refractivity contribution in [1.82, 2.24) is 14.5 Å². The number of aromatic nitrogens is 2. The van der Waals surface area contributed by atoms with E-state index in [1.54, 1.807) is 53.8 Å². The van der Waals surface area contributed by atoms with Crippen LogP contribution in [0.4, 0.5) is 4.39 Å². The predicted octanol–water partition coefficient (Wildman–Crippen LogP) is 3.76. The zero-order valence-corrected chi connectivity index (χ0v) is 16.0. The van der Waals surface area contributed by atoms with Gasteiger partial charge in [-0.05, 0) is 36.2 Å². The summed E-state index contributed by atoms with van der Waals surface area (Å²) in [6.45, 7) is 1.10. The molecular formula is C23H18FN3O3. The van der Waals surface area contributed by atoms with Crippen LogP contribution in [0.2, 0.25) is 0 Å². The maximum atomic E-state index is 13.5. The van der Waals surface area contributed by atoms with E-state index >= 15 is 0 Å². The molecule has 2 aromatic carbocycles. The molecular weight excluding hydrogens is 385 g/mol. The van der Waals surface area contributed by atoms with Gasteiger partial charge in [-0.15, -0.1) is 0 Å². The van der Waals surface area contributed by atoms with Gasteiger partial charge < -0.3 is 13.9 Å². The van der Waals surface area contributed by atoms with Crippen LogP contribution in [0.25, 0.3) is 11.0 Å². The van der Waals surface area contributed by atoms with Crippen molar-refractivity contribution in [1.29, 1.82) is 0 Å². The molecule has 0 saturated carbocycles. The van der Waals surface area contributed by atoms with Gasteiger partial charge in [0.05, 0.1) is 23.3 Å². The Bertz CT molecular complexity index is 1280. The summed E-state index contributed by atoms with van der Waals surface area (Å²) >= 11 is 0. The van der Waals surface area contributed by atoms with Crippen molar-refractivity contribution in [3.8, 4) is 0 Å². The summed E-state index contributed by atoms with van der Waals surface area (Å²) in [6.07, 6.45) is 5.94. The molecule has 6 nitrogen and oxygen atoms in total. The number of hydrogen-bond acceptors (Lipinski definition) is 4. The van der Waals surface area contributed by atoms with Crippen LogP contribution >= 0.6 is 0 Å². The second-order valence-corrected chi connectivity index (χ2v) is 7.28. The third kappa shape index (κ3) is 2.99. The molecule has 7 heteroatoms. The van der Waals surface area contributed by atoms with Gasteiger partial charge in [-0.3, -0.25) is 9.59 Å². The topological polar surface area (TPSA) is 68.3 Å². The van der Waals surface area contributed by atoms with E-state index < -0.39 is 6.04 Å². The minimum atomic E-state index is -0.614. The molecule has 5 rings (SSSR count). The SMILES string of the molecule is O=C1c2oc3ccccc3c(=O)c2C(c2ccc(F)cc2)N1CCCn1ccnc1. The zero-order chi connectivity index (χ0) is 20.7. The van der Waals surface area contributed by atoms with E-state index in [4.69, 9.17) is 4.42 Å². The van der Waals surface area contributed by atoms with Crippen LogP contribution in [0.3, 0.4) is 0 Å². The number of halogens is 1. The molecule has 0 N–H and O–H groups in total. The predicted molar refractivity (Wildman–Crippen MR) is 109 cm³/mol. The number of benzene rings is 2. The van der Waals surface area contributed by atoms with Gasteiger partial charge in [0, 0.05) is 25.5 Å². The smallest absolute Gasteiger partial charge is 0.290 e. The van der Waals surface area contributed by atoms with Crippen molar-refractivity contribution in [2.75, 3.05) is 6.54 Å². The average Bonchev–Trinajstić information content (AvgIpc) is 3.37. The Balaban J connectivity index is 1.59. The molecule has 1 unspecified atom stereocenters. The molecule has 4 aromatic rings. The van der Waals surface area contributed by atoms with Crippen molar-refractivity contribution in [3.63, 3.8) is 0 Å². The quantitative estimate of drug-likeness (QED) is 0.509. The summed E-state index contributed by atoms with van der Waals surface area (Å²) in [5.74, 6) is -0.635. The van der Waals surface area contributed by atoms with Crippen LogP contribution in [-0.4, -0.2) is 26.9 Å². The molecule has 1 amide bonds. The van der Waals surface area contributed by atoms with Gasteiger partial charge in [0.15, 0.2) is 5.43 Å². The number of fused-ring (bicyclic) bond motifs is 2. The van der Waals surface area contributed by atoms with Gasteiger partial charge >= 0.3 is 0 Å². The van der Waals surface area contributed by atoms with Crippen LogP contribution in [0.5, 0.6) is 0 Å². The first-order chi connectivity index (χ1) is 14.6. The number of hydrogen-bond donors (Lipinski definition) is 0. The number of imidazole rings is 1. The summed E-state index contributed by atoms with van der Waals surface area (Å²) in [7, 11) is 0. The fraction of sp³-hybridized carbons (Fsp3) is 0.174. The number of aryl methyl sites for hydroxylation is 1. The standard InChI is InChI=1S/C23H18FN3O3/c24-16-8-6-15(7-9-16)20-19-21(28)17-4-1-2-5-18(17)30-22(19)23(29)27(20)12-3-11-26-13-10-25-14-26/h1-2,4-10,13-14,20H,3,11-12H2. The van der Waals surface area contributed by atoms with Crippen molar-refractivity contribution in [3.05, 3.63) is 100 Å². The monoisotopic (exact) mass is 403 g/mol. The summed E-state index contributed by atoms with van der Waals surface area (Å²) in [6, 6.07) is 12.2. The van der Waals surface area contributed by atoms with Gasteiger partial charge in [0.25, 0.3) is 5.91 Å². The number of carbonyl (C=O) groups excluding carboxylic acids is 1. The summed E-state index contributed by atoms with van der Waals surface area (Å²) in [5, 5.41) is 0.427. The molecule has 0 aliphatic carbocycles. The summed E-state index contributed by atoms with van der Waals surface area (Å²) in [4.78, 5) is 32.2. The highest BCUT2D eigenvalue weighted by atomic mass is 19.1. The first-order valence-electron chi connectivity index (χ1n) is 9.71. The Kier molecular flexibility index (Phi) is 4.43. The largest absolute Gasteiger partial charge is 0.450 e. The van der Waals surface area contributed by atoms with E-state index in [0.717, 1.165) is 0 Å². The van der Waals surface area contributed by atoms with Gasteiger partial charge in [-0.2, -0.15) is 0 Å². The molecule has 2 aromatic heterocycles. The van der Waals surface area contributed by atoms with Gasteiger partial charge in [-0.25, -0.2) is 9.37 Å². The molecule has 30 heavy (non-hydrogen) atoms. The van der Waals surface area contributed by atoms with Crippen molar-refractivity contribution in [2.24, 2.45) is 0 Å². The molecule has 150 valence electrons. The highest BCUT2D eigenvalue weighted by molar-refractivity contribution is 5.99. The van der Waals surface area contributed by atoms with Gasteiger partial charge in [0.2, 0.25) is 5.76 Å². The molecule has 0 fully saturated rings. The molecule has 0 bridgehead atoms. The van der Waals surface area contributed by atoms with Gasteiger partial charge in [0.1, 0.15) is 11.4 Å². The van der Waals surface area contributed by atoms with E-state index in [0.29, 0.717) is 41.6 Å². The van der Waals surface area contributed by atoms with Crippen LogP contribution in [-0.2, 0) is 6.54 Å². The third-order valence-corrected chi connectivity index (χ3v) is 5.43. The van der Waals surface area contributed by atoms with Crippen molar-refractivity contribution in [2.45, 2.75) is 19.0 Å². The number of nitrogens with zero attached hydrogens (tertiary/aromatic N) is 3. The van der Waals surface area contributed by atoms with Crippen molar-refractivity contribution < 1.29 is 13.6 Å². The Morgan fingerprint density at radius 3 is 2.60 bits per heavy atom. The van der Waals surface area contributed by atoms with E-state index in [2.05, 4.69) is 4.98 Å². The second-order valence-electron chi connectivity index (χ2n) is 7.28. The highest BCUT2D eigenvalue weighted by Gasteiger charge is 2.42. The molecule has 1 atom stereocenters. The fourth-order valence-electron chi connectivity index (χ4n) is 4.03. The number of para-hydroxylation sites is 1. The Morgan fingerprint density at radius 2 is 1.83 bits per heavy atom. The Labute approximate surface area is 171 Å². The fourth-order valence-corrected chi connectivity index (χ4v) is 4.03. The number of rotatable bonds is 5. The van der Waals surface area contributed by atoms with Crippen LogP contribution in [0, 0.1) is 5.82 Å². The van der Waals surface area contributed by atoms with Crippen LogP contribution < -0.4 is 5.43 Å². The maximum absolute atomic E-state index is 13.5.